The fraction of sp³-hybridized carbons (Fsp3) is 0.211. The van der Waals surface area contributed by atoms with E-state index in [1.165, 1.54) is 11.3 Å². The zero-order valence-corrected chi connectivity index (χ0v) is 15.5. The maximum absolute atomic E-state index is 12.0. The van der Waals surface area contributed by atoms with Crippen LogP contribution in [0.15, 0.2) is 47.8 Å². The third-order valence-corrected chi connectivity index (χ3v) is 4.97. The number of nitrogens with one attached hydrogen (secondary N) is 2. The van der Waals surface area contributed by atoms with Crippen LogP contribution in [-0.4, -0.2) is 21.6 Å². The van der Waals surface area contributed by atoms with Gasteiger partial charge in [-0.1, -0.05) is 24.3 Å². The number of hydrogen-bond acceptors (Lipinski definition) is 4. The lowest BCUT2D eigenvalue weighted by molar-refractivity contribution is -0.121. The second-order valence-corrected chi connectivity index (χ2v) is 6.82. The third kappa shape index (κ3) is 4.00. The predicted octanol–water partition coefficient (Wildman–Crippen LogP) is 2.94. The highest BCUT2D eigenvalue weighted by Gasteiger charge is 2.14. The van der Waals surface area contributed by atoms with Crippen molar-refractivity contribution in [1.82, 2.24) is 20.6 Å². The summed E-state index contributed by atoms with van der Waals surface area (Å²) in [7, 11) is 0. The molecule has 6 nitrogen and oxygen atoms in total. The lowest BCUT2D eigenvalue weighted by atomic mass is 10.1. The monoisotopic (exact) mass is 368 g/mol. The van der Waals surface area contributed by atoms with Gasteiger partial charge in [-0.2, -0.15) is 5.10 Å². The Hall–Kier alpha value is -2.93. The van der Waals surface area contributed by atoms with E-state index in [4.69, 9.17) is 0 Å². The number of amides is 2. The van der Waals surface area contributed by atoms with Gasteiger partial charge in [0.1, 0.15) is 0 Å². The van der Waals surface area contributed by atoms with Gasteiger partial charge >= 0.3 is 0 Å². The van der Waals surface area contributed by atoms with Crippen LogP contribution in [0, 0.1) is 13.8 Å². The molecule has 0 bridgehead atoms. The number of carbonyl (C=O) groups excluding carboxylic acids is 2. The van der Waals surface area contributed by atoms with E-state index in [-0.39, 0.29) is 18.2 Å². The van der Waals surface area contributed by atoms with Crippen molar-refractivity contribution >= 4 is 23.2 Å². The van der Waals surface area contributed by atoms with Crippen molar-refractivity contribution < 1.29 is 9.59 Å². The zero-order chi connectivity index (χ0) is 18.5. The Kier molecular flexibility index (Phi) is 5.48. The molecule has 0 aliphatic heterocycles. The predicted molar refractivity (Wildman–Crippen MR) is 101 cm³/mol. The van der Waals surface area contributed by atoms with E-state index in [0.717, 1.165) is 22.6 Å². The fourth-order valence-corrected chi connectivity index (χ4v) is 3.37. The molecule has 26 heavy (non-hydrogen) atoms. The summed E-state index contributed by atoms with van der Waals surface area (Å²) < 4.78 is 1.89. The summed E-state index contributed by atoms with van der Waals surface area (Å²) in [5.74, 6) is -0.543. The number of rotatable bonds is 5. The molecule has 1 aromatic carbocycles. The maximum Gasteiger partial charge on any atom is 0.279 e. The summed E-state index contributed by atoms with van der Waals surface area (Å²) in [6, 6.07) is 13.4. The highest BCUT2D eigenvalue weighted by Crippen LogP contribution is 2.19. The first-order valence-electron chi connectivity index (χ1n) is 8.29. The van der Waals surface area contributed by atoms with Crippen molar-refractivity contribution in [3.8, 4) is 5.69 Å². The first-order chi connectivity index (χ1) is 12.6. The van der Waals surface area contributed by atoms with Gasteiger partial charge in [0.25, 0.3) is 5.91 Å². The first-order valence-corrected chi connectivity index (χ1v) is 9.17. The molecule has 2 amide bonds. The Bertz CT molecular complexity index is 901. The minimum atomic E-state index is -0.308. The van der Waals surface area contributed by atoms with E-state index >= 15 is 0 Å². The molecule has 0 atom stereocenters. The Labute approximate surface area is 155 Å². The van der Waals surface area contributed by atoms with Gasteiger partial charge in [0.2, 0.25) is 5.91 Å². The van der Waals surface area contributed by atoms with E-state index in [9.17, 15) is 9.59 Å². The molecule has 134 valence electrons. The standard InChI is InChI=1S/C19H20N4O2S/c1-13-16(14(2)23(22-13)15-7-4-3-5-8-15)10-11-18(24)20-21-19(25)17-9-6-12-26-17/h3-9,12H,10-11H2,1-2H3,(H,20,24)(H,21,25). The largest absolute Gasteiger partial charge is 0.279 e. The number of nitrogens with zero attached hydrogens (tertiary/aromatic N) is 2. The second-order valence-electron chi connectivity index (χ2n) is 5.88. The van der Waals surface area contributed by atoms with Crippen LogP contribution in [0.4, 0.5) is 0 Å². The number of hydrazine groups is 1. The van der Waals surface area contributed by atoms with E-state index in [0.29, 0.717) is 11.3 Å². The molecule has 2 aromatic heterocycles. The molecule has 0 fully saturated rings. The van der Waals surface area contributed by atoms with Gasteiger partial charge in [0, 0.05) is 12.1 Å². The van der Waals surface area contributed by atoms with E-state index in [1.54, 1.807) is 12.1 Å². The van der Waals surface area contributed by atoms with Crippen LogP contribution < -0.4 is 10.9 Å². The van der Waals surface area contributed by atoms with Gasteiger partial charge in [-0.05, 0) is 49.4 Å². The average Bonchev–Trinajstić information content (AvgIpc) is 3.28. The van der Waals surface area contributed by atoms with Crippen LogP contribution in [0.2, 0.25) is 0 Å². The van der Waals surface area contributed by atoms with Gasteiger partial charge < -0.3 is 0 Å². The topological polar surface area (TPSA) is 76.0 Å². The highest BCUT2D eigenvalue weighted by molar-refractivity contribution is 7.12. The van der Waals surface area contributed by atoms with Gasteiger partial charge in [0.05, 0.1) is 16.3 Å². The van der Waals surface area contributed by atoms with Crippen molar-refractivity contribution in [3.63, 3.8) is 0 Å². The number of para-hydroxylation sites is 1. The van der Waals surface area contributed by atoms with Gasteiger partial charge in [0.15, 0.2) is 0 Å². The first kappa shape index (κ1) is 17.9. The Morgan fingerprint density at radius 3 is 2.54 bits per heavy atom. The highest BCUT2D eigenvalue weighted by atomic mass is 32.1. The molecular weight excluding hydrogens is 348 g/mol. The smallest absolute Gasteiger partial charge is 0.273 e. The minimum absolute atomic E-state index is 0.235. The van der Waals surface area contributed by atoms with Gasteiger partial charge in [-0.15, -0.1) is 11.3 Å². The van der Waals surface area contributed by atoms with Gasteiger partial charge in [-0.25, -0.2) is 4.68 Å². The molecule has 0 saturated heterocycles. The van der Waals surface area contributed by atoms with E-state index in [2.05, 4.69) is 16.0 Å². The van der Waals surface area contributed by atoms with Crippen LogP contribution in [0.3, 0.4) is 0 Å². The fourth-order valence-electron chi connectivity index (χ4n) is 2.75. The number of hydrogen-bond donors (Lipinski definition) is 2. The van der Waals surface area contributed by atoms with Crippen molar-refractivity contribution in [2.75, 3.05) is 0 Å². The molecule has 2 N–H and O–H groups in total. The summed E-state index contributed by atoms with van der Waals surface area (Å²) in [4.78, 5) is 24.4. The lowest BCUT2D eigenvalue weighted by Gasteiger charge is -2.07. The molecule has 0 aliphatic rings. The van der Waals surface area contributed by atoms with Crippen LogP contribution in [0.1, 0.15) is 33.0 Å². The molecule has 0 aliphatic carbocycles. The normalized spacial score (nSPS) is 10.5. The summed E-state index contributed by atoms with van der Waals surface area (Å²) in [5.41, 5.74) is 8.86. The molecule has 3 rings (SSSR count). The Morgan fingerprint density at radius 1 is 1.08 bits per heavy atom. The molecule has 0 spiro atoms. The maximum atomic E-state index is 12.0. The molecule has 0 radical (unpaired) electrons. The van der Waals surface area contributed by atoms with Crippen molar-refractivity contribution in [1.29, 1.82) is 0 Å². The number of benzene rings is 1. The van der Waals surface area contributed by atoms with Crippen molar-refractivity contribution in [2.24, 2.45) is 0 Å². The van der Waals surface area contributed by atoms with Crippen LogP contribution in [-0.2, 0) is 11.2 Å². The van der Waals surface area contributed by atoms with Gasteiger partial charge in [-0.3, -0.25) is 20.4 Å². The van der Waals surface area contributed by atoms with Crippen LogP contribution >= 0.6 is 11.3 Å². The Balaban J connectivity index is 1.58. The van der Waals surface area contributed by atoms with E-state index < -0.39 is 0 Å². The number of aryl methyl sites for hydroxylation is 1. The molecule has 2 heterocycles. The third-order valence-electron chi connectivity index (χ3n) is 4.10. The zero-order valence-electron chi connectivity index (χ0n) is 14.7. The summed E-state index contributed by atoms with van der Waals surface area (Å²) in [6.45, 7) is 3.94. The van der Waals surface area contributed by atoms with Crippen LogP contribution in [0.5, 0.6) is 0 Å². The molecule has 7 heteroatoms. The summed E-state index contributed by atoms with van der Waals surface area (Å²) in [6.07, 6.45) is 0.831. The summed E-state index contributed by atoms with van der Waals surface area (Å²) in [5, 5.41) is 6.40. The SMILES string of the molecule is Cc1nn(-c2ccccc2)c(C)c1CCC(=O)NNC(=O)c1cccs1. The van der Waals surface area contributed by atoms with Crippen molar-refractivity contribution in [2.45, 2.75) is 26.7 Å². The molecular formula is C19H20N4O2S. The van der Waals surface area contributed by atoms with Crippen LogP contribution in [0.25, 0.3) is 5.69 Å². The number of aromatic nitrogens is 2. The Morgan fingerprint density at radius 2 is 1.85 bits per heavy atom. The number of thiophene rings is 1. The quantitative estimate of drug-likeness (QED) is 0.680. The number of carbonyl (C=O) groups is 2. The summed E-state index contributed by atoms with van der Waals surface area (Å²) >= 11 is 1.32. The minimum Gasteiger partial charge on any atom is -0.273 e. The average molecular weight is 368 g/mol. The molecule has 0 saturated carbocycles. The van der Waals surface area contributed by atoms with E-state index in [1.807, 2.05) is 54.2 Å². The molecule has 3 aromatic rings. The second kappa shape index (κ2) is 7.97. The lowest BCUT2D eigenvalue weighted by Crippen LogP contribution is -2.41. The molecule has 0 unspecified atom stereocenters. The van der Waals surface area contributed by atoms with Crippen molar-refractivity contribution in [3.05, 3.63) is 69.7 Å².